The molecule has 0 saturated heterocycles. The van der Waals surface area contributed by atoms with Crippen LogP contribution >= 0.6 is 27.5 Å². The summed E-state index contributed by atoms with van der Waals surface area (Å²) in [5.41, 5.74) is 0.457. The van der Waals surface area contributed by atoms with Crippen molar-refractivity contribution in [3.63, 3.8) is 0 Å². The Kier molecular flexibility index (Phi) is 5.25. The number of benzene rings is 1. The van der Waals surface area contributed by atoms with Crippen LogP contribution in [0.3, 0.4) is 0 Å². The third-order valence-corrected chi connectivity index (χ3v) is 2.76. The van der Waals surface area contributed by atoms with Crippen LogP contribution in [-0.2, 0) is 0 Å². The fraction of sp³-hybridized carbons (Fsp3) is 0.364. The minimum absolute atomic E-state index is 0.457. The zero-order chi connectivity index (χ0) is 12.1. The van der Waals surface area contributed by atoms with Crippen LogP contribution in [0.25, 0.3) is 0 Å². The number of halogens is 2. The van der Waals surface area contributed by atoms with Crippen molar-refractivity contribution >= 4 is 33.8 Å². The number of carbonyl (C=O) groups excluding carboxylic acids is 1. The standard InChI is InChI=1S/C11H13BrClNO2/c1-14(2)3-4-16-11-8(7-15)5-9(13)6-10(11)12/h5-7H,3-4H2,1-2H3. The van der Waals surface area contributed by atoms with Crippen LogP contribution in [0.15, 0.2) is 16.6 Å². The molecule has 0 N–H and O–H groups in total. The van der Waals surface area contributed by atoms with E-state index in [9.17, 15) is 4.79 Å². The molecule has 0 heterocycles. The van der Waals surface area contributed by atoms with E-state index in [2.05, 4.69) is 15.9 Å². The number of likely N-dealkylation sites (N-methyl/N-ethyl adjacent to an activating group) is 1. The van der Waals surface area contributed by atoms with Crippen LogP contribution in [0.1, 0.15) is 10.4 Å². The molecular formula is C11H13BrClNO2. The molecule has 3 nitrogen and oxygen atoms in total. The van der Waals surface area contributed by atoms with Gasteiger partial charge in [-0.15, -0.1) is 0 Å². The van der Waals surface area contributed by atoms with Gasteiger partial charge in [-0.2, -0.15) is 0 Å². The van der Waals surface area contributed by atoms with Crippen LogP contribution in [0.5, 0.6) is 5.75 Å². The molecule has 0 fully saturated rings. The van der Waals surface area contributed by atoms with Crippen LogP contribution in [0, 0.1) is 0 Å². The van der Waals surface area contributed by atoms with Gasteiger partial charge in [-0.1, -0.05) is 11.6 Å². The van der Waals surface area contributed by atoms with Crippen LogP contribution < -0.4 is 4.74 Å². The van der Waals surface area contributed by atoms with E-state index in [0.29, 0.717) is 27.4 Å². The second kappa shape index (κ2) is 6.23. The summed E-state index contributed by atoms with van der Waals surface area (Å²) in [7, 11) is 3.92. The molecule has 0 amide bonds. The van der Waals surface area contributed by atoms with Gasteiger partial charge in [-0.3, -0.25) is 4.79 Å². The van der Waals surface area contributed by atoms with Gasteiger partial charge in [0.15, 0.2) is 6.29 Å². The van der Waals surface area contributed by atoms with Gasteiger partial charge in [0.2, 0.25) is 0 Å². The van der Waals surface area contributed by atoms with Gasteiger partial charge >= 0.3 is 0 Å². The van der Waals surface area contributed by atoms with E-state index in [0.717, 1.165) is 12.8 Å². The molecular weight excluding hydrogens is 293 g/mol. The van der Waals surface area contributed by atoms with Gasteiger partial charge in [-0.25, -0.2) is 0 Å². The van der Waals surface area contributed by atoms with E-state index in [1.165, 1.54) is 0 Å². The summed E-state index contributed by atoms with van der Waals surface area (Å²) < 4.78 is 6.24. The van der Waals surface area contributed by atoms with E-state index in [1.807, 2.05) is 19.0 Å². The first-order valence-corrected chi connectivity index (χ1v) is 5.93. The number of hydrogen-bond donors (Lipinski definition) is 0. The highest BCUT2D eigenvalue weighted by Gasteiger charge is 2.09. The fourth-order valence-corrected chi connectivity index (χ4v) is 2.10. The molecule has 0 aliphatic carbocycles. The lowest BCUT2D eigenvalue weighted by molar-refractivity contribution is 0.111. The van der Waals surface area contributed by atoms with Crippen molar-refractivity contribution < 1.29 is 9.53 Å². The second-order valence-electron chi connectivity index (χ2n) is 3.58. The average Bonchev–Trinajstić information content (AvgIpc) is 2.20. The van der Waals surface area contributed by atoms with Gasteiger partial charge < -0.3 is 9.64 Å². The van der Waals surface area contributed by atoms with Gasteiger partial charge in [0.1, 0.15) is 12.4 Å². The summed E-state index contributed by atoms with van der Waals surface area (Å²) in [6.07, 6.45) is 0.738. The van der Waals surface area contributed by atoms with Crippen molar-refractivity contribution in [1.29, 1.82) is 0 Å². The minimum atomic E-state index is 0.457. The van der Waals surface area contributed by atoms with Gasteiger partial charge in [0, 0.05) is 11.6 Å². The predicted molar refractivity (Wildman–Crippen MR) is 68.6 cm³/mol. The number of aldehydes is 1. The monoisotopic (exact) mass is 305 g/mol. The number of ether oxygens (including phenoxy) is 1. The van der Waals surface area contributed by atoms with E-state index < -0.39 is 0 Å². The second-order valence-corrected chi connectivity index (χ2v) is 4.87. The van der Waals surface area contributed by atoms with Crippen molar-refractivity contribution in [2.75, 3.05) is 27.2 Å². The molecule has 0 aliphatic rings. The highest BCUT2D eigenvalue weighted by atomic mass is 79.9. The van der Waals surface area contributed by atoms with Crippen LogP contribution in [0.2, 0.25) is 5.02 Å². The molecule has 0 aromatic heterocycles. The first kappa shape index (κ1) is 13.5. The molecule has 1 aromatic carbocycles. The Bertz CT molecular complexity index is 382. The third kappa shape index (κ3) is 3.77. The van der Waals surface area contributed by atoms with Crippen molar-refractivity contribution in [3.05, 3.63) is 27.2 Å². The first-order valence-electron chi connectivity index (χ1n) is 4.76. The zero-order valence-corrected chi connectivity index (χ0v) is 11.5. The quantitative estimate of drug-likeness (QED) is 0.784. The molecule has 0 spiro atoms. The van der Waals surface area contributed by atoms with Crippen LogP contribution in [0.4, 0.5) is 0 Å². The number of carbonyl (C=O) groups is 1. The molecule has 0 bridgehead atoms. The Morgan fingerprint density at radius 3 is 2.75 bits per heavy atom. The lowest BCUT2D eigenvalue weighted by Gasteiger charge is -2.13. The maximum atomic E-state index is 10.9. The summed E-state index contributed by atoms with van der Waals surface area (Å²) in [5.74, 6) is 0.543. The van der Waals surface area contributed by atoms with Crippen molar-refractivity contribution in [1.82, 2.24) is 4.90 Å². The van der Waals surface area contributed by atoms with Crippen molar-refractivity contribution in [3.8, 4) is 5.75 Å². The molecule has 5 heteroatoms. The molecule has 1 rings (SSSR count). The molecule has 1 aromatic rings. The third-order valence-electron chi connectivity index (χ3n) is 1.95. The topological polar surface area (TPSA) is 29.5 Å². The average molecular weight is 307 g/mol. The lowest BCUT2D eigenvalue weighted by atomic mass is 10.2. The number of nitrogens with zero attached hydrogens (tertiary/aromatic N) is 1. The summed E-state index contributed by atoms with van der Waals surface area (Å²) in [4.78, 5) is 12.9. The van der Waals surface area contributed by atoms with Crippen LogP contribution in [-0.4, -0.2) is 38.4 Å². The SMILES string of the molecule is CN(C)CCOc1c(Br)cc(Cl)cc1C=O. The molecule has 16 heavy (non-hydrogen) atoms. The predicted octanol–water partition coefficient (Wildman–Crippen LogP) is 2.86. The van der Waals surface area contributed by atoms with E-state index >= 15 is 0 Å². The van der Waals surface area contributed by atoms with E-state index in [1.54, 1.807) is 12.1 Å². The van der Waals surface area contributed by atoms with Crippen molar-refractivity contribution in [2.24, 2.45) is 0 Å². The fourth-order valence-electron chi connectivity index (χ4n) is 1.15. The van der Waals surface area contributed by atoms with Crippen molar-refractivity contribution in [2.45, 2.75) is 0 Å². The minimum Gasteiger partial charge on any atom is -0.490 e. The Balaban J connectivity index is 2.81. The molecule has 0 unspecified atom stereocenters. The Morgan fingerprint density at radius 2 is 2.19 bits per heavy atom. The van der Waals surface area contributed by atoms with Gasteiger partial charge in [0.25, 0.3) is 0 Å². The molecule has 0 saturated carbocycles. The highest BCUT2D eigenvalue weighted by molar-refractivity contribution is 9.10. The molecule has 0 atom stereocenters. The molecule has 0 radical (unpaired) electrons. The van der Waals surface area contributed by atoms with E-state index in [-0.39, 0.29) is 0 Å². The smallest absolute Gasteiger partial charge is 0.153 e. The summed E-state index contributed by atoms with van der Waals surface area (Å²) >= 11 is 9.16. The highest BCUT2D eigenvalue weighted by Crippen LogP contribution is 2.31. The number of hydrogen-bond acceptors (Lipinski definition) is 3. The number of rotatable bonds is 5. The molecule has 88 valence electrons. The largest absolute Gasteiger partial charge is 0.490 e. The van der Waals surface area contributed by atoms with Gasteiger partial charge in [0.05, 0.1) is 10.0 Å². The maximum absolute atomic E-state index is 10.9. The normalized spacial score (nSPS) is 10.6. The Hall–Kier alpha value is -0.580. The summed E-state index contributed by atoms with van der Waals surface area (Å²) in [5, 5.41) is 0.508. The Morgan fingerprint density at radius 1 is 1.50 bits per heavy atom. The lowest BCUT2D eigenvalue weighted by Crippen LogP contribution is -2.19. The zero-order valence-electron chi connectivity index (χ0n) is 9.17. The van der Waals surface area contributed by atoms with E-state index in [4.69, 9.17) is 16.3 Å². The summed E-state index contributed by atoms with van der Waals surface area (Å²) in [6.45, 7) is 1.31. The van der Waals surface area contributed by atoms with Gasteiger partial charge in [-0.05, 0) is 42.2 Å². The Labute approximate surface area is 108 Å². The first-order chi connectivity index (χ1) is 7.54. The molecule has 0 aliphatic heterocycles. The summed E-state index contributed by atoms with van der Waals surface area (Å²) in [6, 6.07) is 3.30. The maximum Gasteiger partial charge on any atom is 0.153 e.